The minimum atomic E-state index is 0.898. The van der Waals surface area contributed by atoms with Gasteiger partial charge < -0.3 is 14.4 Å². The van der Waals surface area contributed by atoms with E-state index in [0.29, 0.717) is 0 Å². The van der Waals surface area contributed by atoms with Crippen molar-refractivity contribution in [3.05, 3.63) is 87.1 Å². The van der Waals surface area contributed by atoms with E-state index in [0.717, 1.165) is 48.5 Å². The highest BCUT2D eigenvalue weighted by Gasteiger charge is 2.17. The molecule has 4 aromatic rings. The van der Waals surface area contributed by atoms with Gasteiger partial charge >= 0.3 is 0 Å². The molecule has 4 rings (SSSR count). The lowest BCUT2D eigenvalue weighted by Gasteiger charge is -2.14. The van der Waals surface area contributed by atoms with Crippen molar-refractivity contribution in [3.63, 3.8) is 0 Å². The molecule has 1 heterocycles. The number of aromatic nitrogens is 2. The fourth-order valence-electron chi connectivity index (χ4n) is 3.87. The van der Waals surface area contributed by atoms with Crippen LogP contribution in [0.2, 0.25) is 0 Å². The van der Waals surface area contributed by atoms with Crippen LogP contribution in [0.1, 0.15) is 11.4 Å². The molecule has 0 aliphatic heterocycles. The highest BCUT2D eigenvalue weighted by Crippen LogP contribution is 2.34. The Morgan fingerprint density at radius 1 is 0.706 bits per heavy atom. The second-order valence-electron chi connectivity index (χ2n) is 8.64. The lowest BCUT2D eigenvalue weighted by molar-refractivity contribution is 0.906. The normalized spacial score (nSPS) is 11.3. The predicted octanol–water partition coefficient (Wildman–Crippen LogP) is 7.58. The van der Waals surface area contributed by atoms with E-state index in [4.69, 9.17) is 4.98 Å². The van der Waals surface area contributed by atoms with E-state index in [-0.39, 0.29) is 0 Å². The van der Waals surface area contributed by atoms with Crippen LogP contribution in [0.4, 0.5) is 11.4 Å². The van der Waals surface area contributed by atoms with Crippen molar-refractivity contribution < 1.29 is 0 Å². The Labute approximate surface area is 218 Å². The number of rotatable bonds is 6. The van der Waals surface area contributed by atoms with Crippen molar-refractivity contribution in [1.82, 2.24) is 9.55 Å². The van der Waals surface area contributed by atoms with Gasteiger partial charge in [0, 0.05) is 66.7 Å². The SMILES string of the molecule is CN(C)c1ccc(-c2nc(/C=C/c3cc(Br)cc(Br)c3)n(C)c2-c2ccc(N(C)C)cc2)cc1. The van der Waals surface area contributed by atoms with Gasteiger partial charge in [-0.1, -0.05) is 62.2 Å². The Bertz CT molecular complexity index is 1300. The van der Waals surface area contributed by atoms with Crippen molar-refractivity contribution in [1.29, 1.82) is 0 Å². The van der Waals surface area contributed by atoms with Crippen LogP contribution < -0.4 is 9.80 Å². The van der Waals surface area contributed by atoms with Gasteiger partial charge in [-0.25, -0.2) is 4.98 Å². The molecule has 0 aliphatic rings. The zero-order valence-corrected chi connectivity index (χ0v) is 23.2. The van der Waals surface area contributed by atoms with Crippen LogP contribution in [0.25, 0.3) is 34.7 Å². The molecule has 0 amide bonds. The van der Waals surface area contributed by atoms with E-state index in [1.54, 1.807) is 0 Å². The van der Waals surface area contributed by atoms with Gasteiger partial charge in [0.25, 0.3) is 0 Å². The first kappa shape index (κ1) is 24.3. The summed E-state index contributed by atoms with van der Waals surface area (Å²) < 4.78 is 4.23. The molecule has 0 N–H and O–H groups in total. The van der Waals surface area contributed by atoms with Crippen LogP contribution >= 0.6 is 31.9 Å². The third kappa shape index (κ3) is 5.29. The number of halogens is 2. The maximum absolute atomic E-state index is 5.08. The molecule has 3 aromatic carbocycles. The molecule has 0 unspecified atom stereocenters. The first-order chi connectivity index (χ1) is 16.2. The van der Waals surface area contributed by atoms with Crippen LogP contribution in [0.5, 0.6) is 0 Å². The van der Waals surface area contributed by atoms with E-state index >= 15 is 0 Å². The van der Waals surface area contributed by atoms with E-state index in [1.807, 2.05) is 6.07 Å². The predicted molar refractivity (Wildman–Crippen MR) is 154 cm³/mol. The molecule has 4 nitrogen and oxygen atoms in total. The van der Waals surface area contributed by atoms with Gasteiger partial charge in [-0.05, 0) is 54.1 Å². The molecule has 0 bridgehead atoms. The number of nitrogens with zero attached hydrogens (tertiary/aromatic N) is 4. The Morgan fingerprint density at radius 2 is 1.21 bits per heavy atom. The fraction of sp³-hybridized carbons (Fsp3) is 0.179. The number of benzene rings is 3. The first-order valence-electron chi connectivity index (χ1n) is 11.0. The van der Waals surface area contributed by atoms with Crippen molar-refractivity contribution in [2.45, 2.75) is 0 Å². The summed E-state index contributed by atoms with van der Waals surface area (Å²) in [4.78, 5) is 9.29. The third-order valence-electron chi connectivity index (χ3n) is 5.75. The van der Waals surface area contributed by atoms with Gasteiger partial charge in [0.05, 0.1) is 11.4 Å². The van der Waals surface area contributed by atoms with Crippen molar-refractivity contribution in [3.8, 4) is 22.5 Å². The summed E-state index contributed by atoms with van der Waals surface area (Å²) in [5, 5.41) is 0. The van der Waals surface area contributed by atoms with Crippen LogP contribution in [0.3, 0.4) is 0 Å². The molecule has 174 valence electrons. The summed E-state index contributed by atoms with van der Waals surface area (Å²) in [5.74, 6) is 0.898. The largest absolute Gasteiger partial charge is 0.378 e. The quantitative estimate of drug-likeness (QED) is 0.235. The maximum Gasteiger partial charge on any atom is 0.133 e. The van der Waals surface area contributed by atoms with E-state index in [2.05, 4.69) is 154 Å². The lowest BCUT2D eigenvalue weighted by atomic mass is 10.0. The van der Waals surface area contributed by atoms with Gasteiger partial charge in [-0.2, -0.15) is 0 Å². The molecule has 0 aliphatic carbocycles. The minimum absolute atomic E-state index is 0.898. The first-order valence-corrected chi connectivity index (χ1v) is 12.6. The van der Waals surface area contributed by atoms with Gasteiger partial charge in [0.15, 0.2) is 0 Å². The lowest BCUT2D eigenvalue weighted by Crippen LogP contribution is -2.08. The average Bonchev–Trinajstić information content (AvgIpc) is 3.13. The number of anilines is 2. The van der Waals surface area contributed by atoms with Crippen molar-refractivity contribution in [2.75, 3.05) is 38.0 Å². The van der Waals surface area contributed by atoms with Gasteiger partial charge in [0.1, 0.15) is 5.82 Å². The topological polar surface area (TPSA) is 24.3 Å². The Hall–Kier alpha value is -2.83. The zero-order chi connectivity index (χ0) is 24.4. The van der Waals surface area contributed by atoms with Crippen molar-refractivity contribution in [2.24, 2.45) is 7.05 Å². The average molecular weight is 580 g/mol. The Balaban J connectivity index is 1.82. The van der Waals surface area contributed by atoms with Crippen LogP contribution in [-0.4, -0.2) is 37.7 Å². The summed E-state index contributed by atoms with van der Waals surface area (Å²) in [7, 11) is 10.3. The summed E-state index contributed by atoms with van der Waals surface area (Å²) in [6, 6.07) is 23.4. The number of hydrogen-bond donors (Lipinski definition) is 0. The number of hydrogen-bond acceptors (Lipinski definition) is 3. The highest BCUT2D eigenvalue weighted by molar-refractivity contribution is 9.11. The van der Waals surface area contributed by atoms with Crippen LogP contribution in [0.15, 0.2) is 75.7 Å². The third-order valence-corrected chi connectivity index (χ3v) is 6.67. The standard InChI is InChI=1S/C28H28Br2N4/c1-32(2)24-11-7-20(8-12-24)27-28(21-9-13-25(14-10-21)33(3)4)34(5)26(31-27)15-6-19-16-22(29)18-23(30)17-19/h6-18H,1-5H3/b15-6+. The molecule has 6 heteroatoms. The molecular formula is C28H28Br2N4. The van der Waals surface area contributed by atoms with Gasteiger partial charge in [-0.15, -0.1) is 0 Å². The van der Waals surface area contributed by atoms with Crippen LogP contribution in [0, 0.1) is 0 Å². The molecule has 0 radical (unpaired) electrons. The summed E-state index contributed by atoms with van der Waals surface area (Å²) >= 11 is 7.14. The monoisotopic (exact) mass is 578 g/mol. The molecule has 0 spiro atoms. The van der Waals surface area contributed by atoms with E-state index in [1.165, 1.54) is 5.69 Å². The zero-order valence-electron chi connectivity index (χ0n) is 20.1. The second-order valence-corrected chi connectivity index (χ2v) is 10.5. The smallest absolute Gasteiger partial charge is 0.133 e. The summed E-state index contributed by atoms with van der Waals surface area (Å²) in [6.07, 6.45) is 4.17. The Kier molecular flexibility index (Phi) is 7.29. The molecule has 0 fully saturated rings. The van der Waals surface area contributed by atoms with Gasteiger partial charge in [0.2, 0.25) is 0 Å². The van der Waals surface area contributed by atoms with Gasteiger partial charge in [-0.3, -0.25) is 0 Å². The van der Waals surface area contributed by atoms with Crippen molar-refractivity contribution >= 4 is 55.4 Å². The maximum atomic E-state index is 5.08. The number of imidazole rings is 1. The van der Waals surface area contributed by atoms with E-state index < -0.39 is 0 Å². The molecule has 0 saturated carbocycles. The summed E-state index contributed by atoms with van der Waals surface area (Å²) in [6.45, 7) is 0. The molecular weight excluding hydrogens is 552 g/mol. The van der Waals surface area contributed by atoms with Crippen LogP contribution in [-0.2, 0) is 7.05 Å². The summed E-state index contributed by atoms with van der Waals surface area (Å²) in [5.41, 5.74) is 7.73. The highest BCUT2D eigenvalue weighted by atomic mass is 79.9. The minimum Gasteiger partial charge on any atom is -0.378 e. The van der Waals surface area contributed by atoms with E-state index in [9.17, 15) is 0 Å². The molecule has 0 saturated heterocycles. The fourth-order valence-corrected chi connectivity index (χ4v) is 5.20. The second kappa shape index (κ2) is 10.2. The molecule has 0 atom stereocenters. The molecule has 34 heavy (non-hydrogen) atoms. The molecule has 1 aromatic heterocycles. The Morgan fingerprint density at radius 3 is 1.71 bits per heavy atom.